The summed E-state index contributed by atoms with van der Waals surface area (Å²) in [7, 11) is 1.54. The van der Waals surface area contributed by atoms with E-state index in [1.807, 2.05) is 56.3 Å². The van der Waals surface area contributed by atoms with Gasteiger partial charge in [0.25, 0.3) is 5.91 Å². The van der Waals surface area contributed by atoms with Crippen LogP contribution in [0.25, 0.3) is 11.1 Å². The van der Waals surface area contributed by atoms with Crippen molar-refractivity contribution in [3.63, 3.8) is 0 Å². The maximum atomic E-state index is 12.8. The highest BCUT2D eigenvalue weighted by Crippen LogP contribution is 2.28. The number of hydrogen-bond donors (Lipinski definition) is 2. The highest BCUT2D eigenvalue weighted by molar-refractivity contribution is 6.05. The Morgan fingerprint density at radius 1 is 0.914 bits per heavy atom. The number of nitrogens with zero attached hydrogens (tertiary/aromatic N) is 1. The molecule has 7 heteroatoms. The van der Waals surface area contributed by atoms with Crippen molar-refractivity contribution >= 4 is 23.2 Å². The van der Waals surface area contributed by atoms with Crippen molar-refractivity contribution in [2.45, 2.75) is 26.1 Å². The summed E-state index contributed by atoms with van der Waals surface area (Å²) in [6.45, 7) is 5.67. The van der Waals surface area contributed by atoms with Crippen molar-refractivity contribution in [3.05, 3.63) is 78.4 Å². The van der Waals surface area contributed by atoms with Crippen molar-refractivity contribution in [1.29, 1.82) is 0 Å². The Labute approximate surface area is 206 Å². The largest absolute Gasteiger partial charge is 0.495 e. The Hall–Kier alpha value is -3.68. The Balaban J connectivity index is 1.41. The number of hydrogen-bond acceptors (Lipinski definition) is 5. The van der Waals surface area contributed by atoms with Crippen LogP contribution in [0.2, 0.25) is 0 Å². The van der Waals surface area contributed by atoms with Gasteiger partial charge in [0.1, 0.15) is 5.75 Å². The van der Waals surface area contributed by atoms with E-state index in [4.69, 9.17) is 9.47 Å². The van der Waals surface area contributed by atoms with Crippen LogP contribution in [0.1, 0.15) is 24.2 Å². The SMILES string of the molecule is COc1ccc(NC(=O)c2ccc(-c3ccccc3)cc2)cc1NC(=O)CN1C[C@@H](C)O[C@@H](C)C1. The van der Waals surface area contributed by atoms with Crippen molar-refractivity contribution in [2.24, 2.45) is 0 Å². The summed E-state index contributed by atoms with van der Waals surface area (Å²) in [4.78, 5) is 27.6. The summed E-state index contributed by atoms with van der Waals surface area (Å²) < 4.78 is 11.1. The van der Waals surface area contributed by atoms with Crippen molar-refractivity contribution < 1.29 is 19.1 Å². The molecule has 182 valence electrons. The van der Waals surface area contributed by atoms with Gasteiger partial charge in [-0.25, -0.2) is 0 Å². The van der Waals surface area contributed by atoms with Crippen LogP contribution in [0.5, 0.6) is 5.75 Å². The molecule has 2 amide bonds. The second kappa shape index (κ2) is 11.2. The first-order chi connectivity index (χ1) is 16.9. The molecule has 2 atom stereocenters. The van der Waals surface area contributed by atoms with Crippen LogP contribution in [0.4, 0.5) is 11.4 Å². The van der Waals surface area contributed by atoms with Gasteiger partial charge < -0.3 is 20.1 Å². The summed E-state index contributed by atoms with van der Waals surface area (Å²) >= 11 is 0. The molecule has 35 heavy (non-hydrogen) atoms. The van der Waals surface area contributed by atoms with E-state index >= 15 is 0 Å². The number of ether oxygens (including phenoxy) is 2. The number of rotatable bonds is 7. The van der Waals surface area contributed by atoms with Gasteiger partial charge in [-0.05, 0) is 55.3 Å². The lowest BCUT2D eigenvalue weighted by atomic mass is 10.0. The van der Waals surface area contributed by atoms with Crippen LogP contribution in [-0.2, 0) is 9.53 Å². The zero-order chi connectivity index (χ0) is 24.8. The number of benzene rings is 3. The van der Waals surface area contributed by atoms with Crippen LogP contribution in [0.3, 0.4) is 0 Å². The summed E-state index contributed by atoms with van der Waals surface area (Å²) in [5.41, 5.74) is 3.74. The maximum Gasteiger partial charge on any atom is 0.255 e. The van der Waals surface area contributed by atoms with E-state index in [0.29, 0.717) is 35.8 Å². The average molecular weight is 474 g/mol. The van der Waals surface area contributed by atoms with Gasteiger partial charge >= 0.3 is 0 Å². The van der Waals surface area contributed by atoms with E-state index in [0.717, 1.165) is 11.1 Å². The number of anilines is 2. The predicted molar refractivity (Wildman–Crippen MR) is 138 cm³/mol. The zero-order valence-electron chi connectivity index (χ0n) is 20.3. The van der Waals surface area contributed by atoms with Gasteiger partial charge in [-0.1, -0.05) is 42.5 Å². The van der Waals surface area contributed by atoms with E-state index < -0.39 is 0 Å². The van der Waals surface area contributed by atoms with Gasteiger partial charge in [-0.2, -0.15) is 0 Å². The van der Waals surface area contributed by atoms with E-state index in [1.54, 1.807) is 37.4 Å². The van der Waals surface area contributed by atoms with Gasteiger partial charge in [-0.15, -0.1) is 0 Å². The molecule has 0 bridgehead atoms. The monoisotopic (exact) mass is 473 g/mol. The molecular weight excluding hydrogens is 442 g/mol. The maximum absolute atomic E-state index is 12.8. The number of carbonyl (C=O) groups excluding carboxylic acids is 2. The molecule has 7 nitrogen and oxygen atoms in total. The quantitative estimate of drug-likeness (QED) is 0.522. The predicted octanol–water partition coefficient (Wildman–Crippen LogP) is 4.66. The Morgan fingerprint density at radius 2 is 1.57 bits per heavy atom. The standard InChI is InChI=1S/C28H31N3O4/c1-19-16-31(17-20(2)35-19)18-27(32)30-25-15-24(13-14-26(25)34-3)29-28(33)23-11-9-22(10-12-23)21-7-5-4-6-8-21/h4-15,19-20H,16-18H2,1-3H3,(H,29,33)(H,30,32)/t19-,20+. The molecule has 1 saturated heterocycles. The zero-order valence-corrected chi connectivity index (χ0v) is 20.3. The molecule has 4 rings (SSSR count). The van der Waals surface area contributed by atoms with Gasteiger partial charge in [0.15, 0.2) is 0 Å². The van der Waals surface area contributed by atoms with Crippen molar-refractivity contribution in [3.8, 4) is 16.9 Å². The lowest BCUT2D eigenvalue weighted by Crippen LogP contribution is -2.48. The molecule has 2 N–H and O–H groups in total. The number of nitrogens with one attached hydrogen (secondary N) is 2. The molecule has 0 aromatic heterocycles. The fourth-order valence-electron chi connectivity index (χ4n) is 4.34. The Kier molecular flexibility index (Phi) is 7.80. The molecule has 3 aromatic carbocycles. The minimum atomic E-state index is -0.233. The van der Waals surface area contributed by atoms with Gasteiger partial charge in [0.2, 0.25) is 5.91 Å². The highest BCUT2D eigenvalue weighted by atomic mass is 16.5. The molecule has 0 radical (unpaired) electrons. The molecule has 0 saturated carbocycles. The van der Waals surface area contributed by atoms with E-state index in [2.05, 4.69) is 15.5 Å². The average Bonchev–Trinajstić information content (AvgIpc) is 2.84. The first kappa shape index (κ1) is 24.4. The van der Waals surface area contributed by atoms with E-state index in [-0.39, 0.29) is 30.6 Å². The lowest BCUT2D eigenvalue weighted by Gasteiger charge is -2.34. The van der Waals surface area contributed by atoms with Gasteiger partial charge in [-0.3, -0.25) is 14.5 Å². The summed E-state index contributed by atoms with van der Waals surface area (Å²) in [6.07, 6.45) is 0.169. The first-order valence-corrected chi connectivity index (χ1v) is 11.7. The molecule has 1 aliphatic heterocycles. The van der Waals surface area contributed by atoms with E-state index in [1.165, 1.54) is 0 Å². The van der Waals surface area contributed by atoms with Gasteiger partial charge in [0.05, 0.1) is 31.5 Å². The van der Waals surface area contributed by atoms with E-state index in [9.17, 15) is 9.59 Å². The summed E-state index contributed by atoms with van der Waals surface area (Å²) in [5.74, 6) is 0.139. The van der Waals surface area contributed by atoms with Gasteiger partial charge in [0, 0.05) is 24.3 Å². The number of amides is 2. The molecule has 0 aliphatic carbocycles. The lowest BCUT2D eigenvalue weighted by molar-refractivity contribution is -0.121. The minimum absolute atomic E-state index is 0.0846. The third kappa shape index (κ3) is 6.47. The fraction of sp³-hybridized carbons (Fsp3) is 0.286. The molecule has 3 aromatic rings. The molecule has 0 spiro atoms. The van der Waals surface area contributed by atoms with Crippen LogP contribution in [0.15, 0.2) is 72.8 Å². The Morgan fingerprint density at radius 3 is 2.23 bits per heavy atom. The molecule has 1 aliphatic rings. The molecular formula is C28H31N3O4. The number of methoxy groups -OCH3 is 1. The molecule has 1 fully saturated rings. The minimum Gasteiger partial charge on any atom is -0.495 e. The summed E-state index contributed by atoms with van der Waals surface area (Å²) in [5, 5.41) is 5.82. The van der Waals surface area contributed by atoms with Crippen LogP contribution in [0, 0.1) is 0 Å². The second-order valence-corrected chi connectivity index (χ2v) is 8.81. The van der Waals surface area contributed by atoms with Crippen LogP contribution < -0.4 is 15.4 Å². The highest BCUT2D eigenvalue weighted by Gasteiger charge is 2.24. The third-order valence-electron chi connectivity index (χ3n) is 5.85. The van der Waals surface area contributed by atoms with Crippen LogP contribution >= 0.6 is 0 Å². The number of morpholine rings is 1. The smallest absolute Gasteiger partial charge is 0.255 e. The fourth-order valence-corrected chi connectivity index (χ4v) is 4.34. The van der Waals surface area contributed by atoms with Crippen LogP contribution in [-0.4, -0.2) is 55.7 Å². The first-order valence-electron chi connectivity index (χ1n) is 11.7. The third-order valence-corrected chi connectivity index (χ3v) is 5.85. The summed E-state index contributed by atoms with van der Waals surface area (Å²) in [6, 6.07) is 22.6. The van der Waals surface area contributed by atoms with Crippen molar-refractivity contribution in [1.82, 2.24) is 4.90 Å². The normalized spacial score (nSPS) is 18.0. The van der Waals surface area contributed by atoms with Crippen molar-refractivity contribution in [2.75, 3.05) is 37.4 Å². The molecule has 1 heterocycles. The molecule has 0 unspecified atom stereocenters. The topological polar surface area (TPSA) is 79.9 Å². The Bertz CT molecular complexity index is 1150. The second-order valence-electron chi connectivity index (χ2n) is 8.81. The number of carbonyl (C=O) groups is 2.